The van der Waals surface area contributed by atoms with E-state index in [0.717, 1.165) is 21.7 Å². The lowest BCUT2D eigenvalue weighted by Crippen LogP contribution is -1.99. The summed E-state index contributed by atoms with van der Waals surface area (Å²) in [6, 6.07) is 7.75. The molecular formula is C13H14N2O2S. The highest BCUT2D eigenvalue weighted by molar-refractivity contribution is 7.98. The van der Waals surface area contributed by atoms with Gasteiger partial charge in [0, 0.05) is 17.5 Å². The van der Waals surface area contributed by atoms with E-state index in [1.807, 2.05) is 19.2 Å². The minimum atomic E-state index is -1.00. The zero-order valence-corrected chi connectivity index (χ0v) is 11.3. The fourth-order valence-corrected chi connectivity index (χ4v) is 2.27. The molecule has 2 rings (SSSR count). The minimum Gasteiger partial charge on any atom is -0.476 e. The molecule has 0 amide bonds. The van der Waals surface area contributed by atoms with Crippen molar-refractivity contribution in [3.8, 4) is 11.3 Å². The SMILES string of the molecule is CSc1ccc(C)c(-c2cc(C(=O)O)nn2C)c1. The molecule has 0 radical (unpaired) electrons. The summed E-state index contributed by atoms with van der Waals surface area (Å²) in [5, 5.41) is 13.0. The Balaban J connectivity index is 2.57. The molecule has 0 saturated heterocycles. The van der Waals surface area contributed by atoms with E-state index in [0.29, 0.717) is 0 Å². The molecule has 0 aliphatic heterocycles. The van der Waals surface area contributed by atoms with E-state index >= 15 is 0 Å². The lowest BCUT2D eigenvalue weighted by atomic mass is 10.1. The van der Waals surface area contributed by atoms with Crippen LogP contribution in [0.3, 0.4) is 0 Å². The number of carbonyl (C=O) groups is 1. The van der Waals surface area contributed by atoms with Crippen LogP contribution < -0.4 is 0 Å². The van der Waals surface area contributed by atoms with Crippen LogP contribution in [0.15, 0.2) is 29.2 Å². The summed E-state index contributed by atoms with van der Waals surface area (Å²) in [5.74, 6) is -1.00. The van der Waals surface area contributed by atoms with Crippen molar-refractivity contribution < 1.29 is 9.90 Å². The number of rotatable bonds is 3. The van der Waals surface area contributed by atoms with Crippen LogP contribution in [0.2, 0.25) is 0 Å². The first-order valence-electron chi connectivity index (χ1n) is 5.45. The Hall–Kier alpha value is -1.75. The van der Waals surface area contributed by atoms with Crippen LogP contribution in [0.5, 0.6) is 0 Å². The minimum absolute atomic E-state index is 0.0708. The summed E-state index contributed by atoms with van der Waals surface area (Å²) in [6.07, 6.45) is 2.01. The van der Waals surface area contributed by atoms with Gasteiger partial charge < -0.3 is 5.11 Å². The van der Waals surface area contributed by atoms with E-state index in [1.165, 1.54) is 0 Å². The van der Waals surface area contributed by atoms with Gasteiger partial charge in [0.25, 0.3) is 0 Å². The van der Waals surface area contributed by atoms with Crippen LogP contribution in [-0.4, -0.2) is 27.1 Å². The summed E-state index contributed by atoms with van der Waals surface area (Å²) in [5.41, 5.74) is 3.01. The van der Waals surface area contributed by atoms with Crippen LogP contribution in [0.25, 0.3) is 11.3 Å². The van der Waals surface area contributed by atoms with E-state index in [-0.39, 0.29) is 5.69 Å². The van der Waals surface area contributed by atoms with Crippen molar-refractivity contribution in [2.45, 2.75) is 11.8 Å². The predicted octanol–water partition coefficient (Wildman–Crippen LogP) is 2.82. The lowest BCUT2D eigenvalue weighted by Gasteiger charge is -2.07. The standard InChI is InChI=1S/C13H14N2O2S/c1-8-4-5-9(18-3)6-10(8)12-7-11(13(16)17)14-15(12)2/h4-7H,1-3H3,(H,16,17). The van der Waals surface area contributed by atoms with Crippen molar-refractivity contribution in [2.24, 2.45) is 7.05 Å². The largest absolute Gasteiger partial charge is 0.476 e. The summed E-state index contributed by atoms with van der Waals surface area (Å²) < 4.78 is 1.61. The number of nitrogens with zero attached hydrogens (tertiary/aromatic N) is 2. The molecular weight excluding hydrogens is 248 g/mol. The Bertz CT molecular complexity index is 605. The maximum atomic E-state index is 10.9. The van der Waals surface area contributed by atoms with Crippen molar-refractivity contribution in [3.63, 3.8) is 0 Å². The smallest absolute Gasteiger partial charge is 0.356 e. The van der Waals surface area contributed by atoms with E-state index in [1.54, 1.807) is 29.6 Å². The van der Waals surface area contributed by atoms with Crippen molar-refractivity contribution in [1.29, 1.82) is 0 Å². The van der Waals surface area contributed by atoms with Crippen LogP contribution >= 0.6 is 11.8 Å². The Kier molecular flexibility index (Phi) is 3.43. The van der Waals surface area contributed by atoms with Gasteiger partial charge in [0.2, 0.25) is 0 Å². The Morgan fingerprint density at radius 2 is 2.11 bits per heavy atom. The number of thioether (sulfide) groups is 1. The zero-order valence-electron chi connectivity index (χ0n) is 10.5. The average Bonchev–Trinajstić information content (AvgIpc) is 2.72. The number of carboxylic acids is 1. The molecule has 0 aliphatic rings. The first-order valence-corrected chi connectivity index (χ1v) is 6.67. The van der Waals surface area contributed by atoms with Crippen LogP contribution in [-0.2, 0) is 7.05 Å². The average molecular weight is 262 g/mol. The van der Waals surface area contributed by atoms with Crippen LogP contribution in [0, 0.1) is 6.92 Å². The van der Waals surface area contributed by atoms with Gasteiger partial charge in [0.05, 0.1) is 5.69 Å². The maximum absolute atomic E-state index is 10.9. The lowest BCUT2D eigenvalue weighted by molar-refractivity contribution is 0.0689. The third kappa shape index (κ3) is 2.26. The topological polar surface area (TPSA) is 55.1 Å². The molecule has 0 aliphatic carbocycles. The highest BCUT2D eigenvalue weighted by Crippen LogP contribution is 2.28. The second kappa shape index (κ2) is 4.86. The number of aromatic carboxylic acids is 1. The fraction of sp³-hybridized carbons (Fsp3) is 0.231. The van der Waals surface area contributed by atoms with E-state index < -0.39 is 5.97 Å². The molecule has 5 heteroatoms. The van der Waals surface area contributed by atoms with E-state index in [4.69, 9.17) is 5.11 Å². The number of hydrogen-bond donors (Lipinski definition) is 1. The Morgan fingerprint density at radius 1 is 1.39 bits per heavy atom. The van der Waals surface area contributed by atoms with Gasteiger partial charge in [0.15, 0.2) is 5.69 Å². The molecule has 94 valence electrons. The molecule has 4 nitrogen and oxygen atoms in total. The van der Waals surface area contributed by atoms with Crippen molar-refractivity contribution in [1.82, 2.24) is 9.78 Å². The molecule has 18 heavy (non-hydrogen) atoms. The van der Waals surface area contributed by atoms with Gasteiger partial charge in [-0.05, 0) is 36.9 Å². The van der Waals surface area contributed by atoms with Crippen LogP contribution in [0.4, 0.5) is 0 Å². The van der Waals surface area contributed by atoms with Crippen molar-refractivity contribution >= 4 is 17.7 Å². The third-order valence-electron chi connectivity index (χ3n) is 2.82. The summed E-state index contributed by atoms with van der Waals surface area (Å²) in [7, 11) is 1.76. The van der Waals surface area contributed by atoms with Gasteiger partial charge in [-0.3, -0.25) is 4.68 Å². The fourth-order valence-electron chi connectivity index (χ4n) is 1.83. The monoisotopic (exact) mass is 262 g/mol. The van der Waals surface area contributed by atoms with Gasteiger partial charge >= 0.3 is 5.97 Å². The van der Waals surface area contributed by atoms with Crippen molar-refractivity contribution in [3.05, 3.63) is 35.5 Å². The van der Waals surface area contributed by atoms with Gasteiger partial charge in [-0.25, -0.2) is 4.79 Å². The second-order valence-corrected chi connectivity index (χ2v) is 4.90. The van der Waals surface area contributed by atoms with E-state index in [2.05, 4.69) is 17.2 Å². The highest BCUT2D eigenvalue weighted by Gasteiger charge is 2.14. The normalized spacial score (nSPS) is 10.6. The predicted molar refractivity (Wildman–Crippen MR) is 72.1 cm³/mol. The molecule has 0 unspecified atom stereocenters. The molecule has 0 atom stereocenters. The molecule has 0 saturated carbocycles. The molecule has 0 spiro atoms. The van der Waals surface area contributed by atoms with E-state index in [9.17, 15) is 4.79 Å². The molecule has 1 heterocycles. The summed E-state index contributed by atoms with van der Waals surface area (Å²) in [6.45, 7) is 2.01. The summed E-state index contributed by atoms with van der Waals surface area (Å²) in [4.78, 5) is 12.1. The molecule has 0 fully saturated rings. The van der Waals surface area contributed by atoms with Gasteiger partial charge in [-0.15, -0.1) is 11.8 Å². The third-order valence-corrected chi connectivity index (χ3v) is 3.54. The summed E-state index contributed by atoms with van der Waals surface area (Å²) >= 11 is 1.66. The first kappa shape index (κ1) is 12.7. The van der Waals surface area contributed by atoms with Gasteiger partial charge in [-0.1, -0.05) is 6.07 Å². The molecule has 2 aromatic rings. The molecule has 1 aromatic carbocycles. The van der Waals surface area contributed by atoms with Gasteiger partial charge in [0.1, 0.15) is 0 Å². The second-order valence-electron chi connectivity index (χ2n) is 4.02. The number of benzene rings is 1. The zero-order chi connectivity index (χ0) is 13.3. The first-order chi connectivity index (χ1) is 8.52. The molecule has 1 aromatic heterocycles. The Labute approximate surface area is 110 Å². The number of aromatic nitrogens is 2. The van der Waals surface area contributed by atoms with Crippen molar-refractivity contribution in [2.75, 3.05) is 6.26 Å². The number of carboxylic acid groups (broad SMARTS) is 1. The number of hydrogen-bond acceptors (Lipinski definition) is 3. The molecule has 0 bridgehead atoms. The highest BCUT2D eigenvalue weighted by atomic mass is 32.2. The number of aryl methyl sites for hydroxylation is 2. The van der Waals surface area contributed by atoms with Gasteiger partial charge in [-0.2, -0.15) is 5.10 Å². The van der Waals surface area contributed by atoms with Crippen LogP contribution in [0.1, 0.15) is 16.1 Å². The maximum Gasteiger partial charge on any atom is 0.356 e. The quantitative estimate of drug-likeness (QED) is 0.864. The molecule has 1 N–H and O–H groups in total. The Morgan fingerprint density at radius 3 is 2.67 bits per heavy atom.